The van der Waals surface area contributed by atoms with Crippen LogP contribution in [-0.2, 0) is 0 Å². The molecule has 2 rings (SSSR count). The highest BCUT2D eigenvalue weighted by Gasteiger charge is 2.03. The molecule has 6 nitrogen and oxygen atoms in total. The molecule has 0 spiro atoms. The number of nitro groups is 1. The lowest BCUT2D eigenvalue weighted by atomic mass is 10.2. The van der Waals surface area contributed by atoms with Crippen LogP contribution >= 0.6 is 0 Å². The normalized spacial score (nSPS) is 9.00. The molecule has 0 unspecified atom stereocenters. The highest BCUT2D eigenvalue weighted by atomic mass is 16.6. The fourth-order valence-electron chi connectivity index (χ4n) is 1.26. The van der Waals surface area contributed by atoms with Crippen LogP contribution in [0.5, 0.6) is 5.75 Å². The van der Waals surface area contributed by atoms with Gasteiger partial charge in [-0.05, 0) is 24.3 Å². The molecule has 20 heavy (non-hydrogen) atoms. The molecule has 6 heteroatoms. The summed E-state index contributed by atoms with van der Waals surface area (Å²) >= 11 is 0. The molecular formula is C14H11NO5. The Morgan fingerprint density at radius 1 is 0.950 bits per heavy atom. The molecule has 0 aliphatic heterocycles. The molecule has 0 aliphatic carbocycles. The zero-order valence-corrected chi connectivity index (χ0v) is 10.3. The van der Waals surface area contributed by atoms with E-state index in [1.807, 2.05) is 0 Å². The minimum Gasteiger partial charge on any atom is -0.508 e. The first-order valence-electron chi connectivity index (χ1n) is 5.50. The number of hydrogen-bond acceptors (Lipinski definition) is 5. The van der Waals surface area contributed by atoms with E-state index in [0.29, 0.717) is 17.4 Å². The van der Waals surface area contributed by atoms with Crippen molar-refractivity contribution in [1.29, 1.82) is 0 Å². The number of carbonyl (C=O) groups excluding carboxylic acids is 2. The molecule has 0 aliphatic rings. The van der Waals surface area contributed by atoms with Gasteiger partial charge in [0.1, 0.15) is 18.3 Å². The Hall–Kier alpha value is -3.02. The third-order valence-electron chi connectivity index (χ3n) is 2.25. The molecule has 2 aromatic carbocycles. The third-order valence-corrected chi connectivity index (χ3v) is 2.25. The van der Waals surface area contributed by atoms with Crippen LogP contribution in [0.25, 0.3) is 0 Å². The lowest BCUT2D eigenvalue weighted by molar-refractivity contribution is -0.384. The smallest absolute Gasteiger partial charge is 0.270 e. The number of non-ortho nitro benzene ring substituents is 1. The van der Waals surface area contributed by atoms with E-state index in [9.17, 15) is 19.7 Å². The molecule has 102 valence electrons. The van der Waals surface area contributed by atoms with E-state index in [4.69, 9.17) is 5.11 Å². The third kappa shape index (κ3) is 4.69. The number of phenolic OH excluding ortho intramolecular Hbond substituents is 1. The van der Waals surface area contributed by atoms with Crippen LogP contribution < -0.4 is 0 Å². The molecule has 2 aromatic rings. The van der Waals surface area contributed by atoms with Gasteiger partial charge in [0.2, 0.25) is 0 Å². The van der Waals surface area contributed by atoms with E-state index in [-0.39, 0.29) is 11.4 Å². The van der Waals surface area contributed by atoms with E-state index < -0.39 is 4.92 Å². The summed E-state index contributed by atoms with van der Waals surface area (Å²) in [7, 11) is 0. The van der Waals surface area contributed by atoms with Gasteiger partial charge in [-0.15, -0.1) is 0 Å². The van der Waals surface area contributed by atoms with Crippen molar-refractivity contribution >= 4 is 18.3 Å². The predicted octanol–water partition coefficient (Wildman–Crippen LogP) is 2.61. The topological polar surface area (TPSA) is 97.5 Å². The van der Waals surface area contributed by atoms with Gasteiger partial charge in [0.05, 0.1) is 4.92 Å². The SMILES string of the molecule is O=Cc1ccc(O)cc1.O=Cc1cccc([N+](=O)[O-])c1. The number of nitro benzene ring substituents is 1. The lowest BCUT2D eigenvalue weighted by Gasteiger charge is -1.90. The van der Waals surface area contributed by atoms with Crippen LogP contribution in [0.3, 0.4) is 0 Å². The van der Waals surface area contributed by atoms with Crippen molar-refractivity contribution in [3.8, 4) is 5.75 Å². The van der Waals surface area contributed by atoms with Crippen molar-refractivity contribution in [3.05, 3.63) is 69.8 Å². The minimum atomic E-state index is -0.535. The second-order valence-corrected chi connectivity index (χ2v) is 3.68. The average molecular weight is 273 g/mol. The van der Waals surface area contributed by atoms with Gasteiger partial charge in [-0.1, -0.05) is 12.1 Å². The molecule has 0 amide bonds. The van der Waals surface area contributed by atoms with Gasteiger partial charge >= 0.3 is 0 Å². The number of benzene rings is 2. The van der Waals surface area contributed by atoms with Crippen LogP contribution in [0.2, 0.25) is 0 Å². The second-order valence-electron chi connectivity index (χ2n) is 3.68. The van der Waals surface area contributed by atoms with Gasteiger partial charge < -0.3 is 5.11 Å². The molecule has 0 bridgehead atoms. The van der Waals surface area contributed by atoms with Crippen LogP contribution in [0.4, 0.5) is 5.69 Å². The maximum atomic E-state index is 10.2. The molecular weight excluding hydrogens is 262 g/mol. The Balaban J connectivity index is 0.000000204. The van der Waals surface area contributed by atoms with Crippen molar-refractivity contribution in [3.63, 3.8) is 0 Å². The average Bonchev–Trinajstić information content (AvgIpc) is 2.49. The second kappa shape index (κ2) is 7.42. The molecule has 0 heterocycles. The van der Waals surface area contributed by atoms with Crippen molar-refractivity contribution in [2.45, 2.75) is 0 Å². The summed E-state index contributed by atoms with van der Waals surface area (Å²) in [6.45, 7) is 0. The summed E-state index contributed by atoms with van der Waals surface area (Å²) < 4.78 is 0. The zero-order valence-electron chi connectivity index (χ0n) is 10.3. The van der Waals surface area contributed by atoms with Crippen LogP contribution in [0.15, 0.2) is 48.5 Å². The van der Waals surface area contributed by atoms with Crippen molar-refractivity contribution in [2.75, 3.05) is 0 Å². The minimum absolute atomic E-state index is 0.0606. The summed E-state index contributed by atoms with van der Waals surface area (Å²) in [5.41, 5.74) is 0.835. The van der Waals surface area contributed by atoms with Crippen molar-refractivity contribution in [1.82, 2.24) is 0 Å². The maximum Gasteiger partial charge on any atom is 0.270 e. The summed E-state index contributed by atoms with van der Waals surface area (Å²) in [6.07, 6.45) is 1.31. The van der Waals surface area contributed by atoms with E-state index in [1.165, 1.54) is 36.4 Å². The van der Waals surface area contributed by atoms with Crippen LogP contribution in [0, 0.1) is 10.1 Å². The van der Waals surface area contributed by atoms with E-state index in [0.717, 1.165) is 6.29 Å². The Bertz CT molecular complexity index is 607. The highest BCUT2D eigenvalue weighted by molar-refractivity contribution is 5.76. The summed E-state index contributed by atoms with van der Waals surface area (Å²) in [5, 5.41) is 18.9. The summed E-state index contributed by atoms with van der Waals surface area (Å²) in [6, 6.07) is 11.6. The molecule has 0 fully saturated rings. The van der Waals surface area contributed by atoms with E-state index in [2.05, 4.69) is 0 Å². The summed E-state index contributed by atoms with van der Waals surface area (Å²) in [5.74, 6) is 0.181. The molecule has 0 saturated carbocycles. The number of hydrogen-bond donors (Lipinski definition) is 1. The number of aromatic hydroxyl groups is 1. The standard InChI is InChI=1S/C7H5NO3.C7H6O2/c9-5-6-2-1-3-7(4-6)8(10)11;8-5-6-1-3-7(9)4-2-6/h1-5H;1-5,9H. The molecule has 0 atom stereocenters. The van der Waals surface area contributed by atoms with Gasteiger partial charge in [-0.3, -0.25) is 19.7 Å². The number of phenols is 1. The van der Waals surface area contributed by atoms with Crippen molar-refractivity contribution in [2.24, 2.45) is 0 Å². The number of carbonyl (C=O) groups is 2. The van der Waals surface area contributed by atoms with Crippen LogP contribution in [-0.4, -0.2) is 22.6 Å². The lowest BCUT2D eigenvalue weighted by Crippen LogP contribution is -1.88. The maximum absolute atomic E-state index is 10.2. The van der Waals surface area contributed by atoms with Gasteiger partial charge in [0.25, 0.3) is 5.69 Å². The monoisotopic (exact) mass is 273 g/mol. The Kier molecular flexibility index (Phi) is 5.58. The molecule has 0 radical (unpaired) electrons. The van der Waals surface area contributed by atoms with E-state index >= 15 is 0 Å². The fraction of sp³-hybridized carbons (Fsp3) is 0. The first-order chi connectivity index (χ1) is 9.56. The number of rotatable bonds is 3. The highest BCUT2D eigenvalue weighted by Crippen LogP contribution is 2.11. The quantitative estimate of drug-likeness (QED) is 0.526. The largest absolute Gasteiger partial charge is 0.508 e. The fourth-order valence-corrected chi connectivity index (χ4v) is 1.26. The molecule has 1 N–H and O–H groups in total. The first-order valence-corrected chi connectivity index (χ1v) is 5.50. The van der Waals surface area contributed by atoms with E-state index in [1.54, 1.807) is 12.1 Å². The predicted molar refractivity (Wildman–Crippen MR) is 72.0 cm³/mol. The van der Waals surface area contributed by atoms with Gasteiger partial charge in [-0.25, -0.2) is 0 Å². The number of nitrogens with zero attached hydrogens (tertiary/aromatic N) is 1. The van der Waals surface area contributed by atoms with Crippen molar-refractivity contribution < 1.29 is 19.6 Å². The van der Waals surface area contributed by atoms with Gasteiger partial charge in [-0.2, -0.15) is 0 Å². The Morgan fingerprint density at radius 2 is 1.55 bits per heavy atom. The Morgan fingerprint density at radius 3 is 2.05 bits per heavy atom. The molecule has 0 saturated heterocycles. The first kappa shape index (κ1) is 15.0. The van der Waals surface area contributed by atoms with Gasteiger partial charge in [0, 0.05) is 23.3 Å². The number of aldehydes is 2. The van der Waals surface area contributed by atoms with Gasteiger partial charge in [0.15, 0.2) is 0 Å². The molecule has 0 aromatic heterocycles. The Labute approximate surface area is 114 Å². The zero-order chi connectivity index (χ0) is 15.0. The van der Waals surface area contributed by atoms with Crippen LogP contribution in [0.1, 0.15) is 20.7 Å². The summed E-state index contributed by atoms with van der Waals surface area (Å²) in [4.78, 5) is 29.8.